The lowest BCUT2D eigenvalue weighted by atomic mass is 10.1. The summed E-state index contributed by atoms with van der Waals surface area (Å²) < 4.78 is 4.85. The summed E-state index contributed by atoms with van der Waals surface area (Å²) in [5, 5.41) is 0. The fraction of sp³-hybridized carbons (Fsp3) is 0.167. The highest BCUT2D eigenvalue weighted by Gasteiger charge is 2.05. The smallest absolute Gasteiger partial charge is 0.338 e. The quantitative estimate of drug-likeness (QED) is 0.614. The molecule has 1 aromatic carbocycles. The Morgan fingerprint density at radius 3 is 2.81 bits per heavy atom. The van der Waals surface area contributed by atoms with E-state index in [9.17, 15) is 9.59 Å². The van der Waals surface area contributed by atoms with Crippen LogP contribution in [0.4, 0.5) is 0 Å². The van der Waals surface area contributed by atoms with E-state index < -0.39 is 5.91 Å². The summed E-state index contributed by atoms with van der Waals surface area (Å²) in [5.41, 5.74) is 6.15. The van der Waals surface area contributed by atoms with Crippen molar-refractivity contribution in [3.63, 3.8) is 0 Å². The standard InChI is InChI=1S/C12H13NO3/c1-2-16-12(15)10-5-3-4-9(8-10)6-7-11(13)14/h3-8H,2H2,1H3,(H2,13,14). The average molecular weight is 219 g/mol. The second-order valence-electron chi connectivity index (χ2n) is 3.08. The predicted molar refractivity (Wildman–Crippen MR) is 60.6 cm³/mol. The molecular weight excluding hydrogens is 206 g/mol. The summed E-state index contributed by atoms with van der Waals surface area (Å²) in [6, 6.07) is 6.77. The van der Waals surface area contributed by atoms with Crippen molar-refractivity contribution in [2.75, 3.05) is 6.61 Å². The number of esters is 1. The minimum absolute atomic E-state index is 0.334. The zero-order chi connectivity index (χ0) is 12.0. The maximum Gasteiger partial charge on any atom is 0.338 e. The van der Waals surface area contributed by atoms with E-state index in [0.717, 1.165) is 5.56 Å². The molecule has 0 atom stereocenters. The van der Waals surface area contributed by atoms with Gasteiger partial charge in [0.2, 0.25) is 5.91 Å². The van der Waals surface area contributed by atoms with Crippen LogP contribution in [0.15, 0.2) is 30.3 Å². The van der Waals surface area contributed by atoms with Crippen LogP contribution in [0.3, 0.4) is 0 Å². The number of rotatable bonds is 4. The normalized spacial score (nSPS) is 10.3. The van der Waals surface area contributed by atoms with E-state index in [4.69, 9.17) is 10.5 Å². The number of nitrogens with two attached hydrogens (primary N) is 1. The van der Waals surface area contributed by atoms with Crippen LogP contribution >= 0.6 is 0 Å². The van der Waals surface area contributed by atoms with E-state index in [0.29, 0.717) is 12.2 Å². The van der Waals surface area contributed by atoms with Crippen molar-refractivity contribution in [3.05, 3.63) is 41.5 Å². The highest BCUT2D eigenvalue weighted by Crippen LogP contribution is 2.08. The molecule has 0 bridgehead atoms. The van der Waals surface area contributed by atoms with Crippen LogP contribution in [0.2, 0.25) is 0 Å². The summed E-state index contributed by atoms with van der Waals surface area (Å²) in [6.07, 6.45) is 2.79. The molecule has 0 saturated heterocycles. The lowest BCUT2D eigenvalue weighted by Gasteiger charge is -2.02. The van der Waals surface area contributed by atoms with Gasteiger partial charge in [0.15, 0.2) is 0 Å². The van der Waals surface area contributed by atoms with Gasteiger partial charge in [0.1, 0.15) is 0 Å². The van der Waals surface area contributed by atoms with Crippen molar-refractivity contribution in [2.24, 2.45) is 5.73 Å². The molecule has 1 amide bonds. The monoisotopic (exact) mass is 219 g/mol. The van der Waals surface area contributed by atoms with Crippen LogP contribution in [0.5, 0.6) is 0 Å². The van der Waals surface area contributed by atoms with Gasteiger partial charge in [0.25, 0.3) is 0 Å². The number of benzene rings is 1. The number of ether oxygens (including phenoxy) is 1. The number of carbonyl (C=O) groups is 2. The van der Waals surface area contributed by atoms with Crippen molar-refractivity contribution >= 4 is 18.0 Å². The molecule has 84 valence electrons. The molecular formula is C12H13NO3. The average Bonchev–Trinajstić information content (AvgIpc) is 2.27. The van der Waals surface area contributed by atoms with Crippen LogP contribution < -0.4 is 5.73 Å². The van der Waals surface area contributed by atoms with Crippen LogP contribution in [-0.4, -0.2) is 18.5 Å². The molecule has 0 saturated carbocycles. The number of hydrogen-bond acceptors (Lipinski definition) is 3. The summed E-state index contributed by atoms with van der Waals surface area (Å²) >= 11 is 0. The molecule has 1 aromatic rings. The predicted octanol–water partition coefficient (Wildman–Crippen LogP) is 1.36. The molecule has 0 aromatic heterocycles. The van der Waals surface area contributed by atoms with Crippen LogP contribution in [0.1, 0.15) is 22.8 Å². The van der Waals surface area contributed by atoms with Gasteiger partial charge in [-0.2, -0.15) is 0 Å². The van der Waals surface area contributed by atoms with Gasteiger partial charge in [-0.3, -0.25) is 4.79 Å². The van der Waals surface area contributed by atoms with E-state index in [2.05, 4.69) is 0 Å². The zero-order valence-electron chi connectivity index (χ0n) is 8.97. The molecule has 0 fully saturated rings. The Labute approximate surface area is 93.7 Å². The fourth-order valence-electron chi connectivity index (χ4n) is 1.16. The summed E-state index contributed by atoms with van der Waals surface area (Å²) in [5.74, 6) is -0.904. The minimum atomic E-state index is -0.526. The highest BCUT2D eigenvalue weighted by molar-refractivity contribution is 5.92. The van der Waals surface area contributed by atoms with Gasteiger partial charge in [0.05, 0.1) is 12.2 Å². The molecule has 0 aliphatic heterocycles. The van der Waals surface area contributed by atoms with Gasteiger partial charge in [-0.25, -0.2) is 4.79 Å². The molecule has 0 radical (unpaired) electrons. The van der Waals surface area contributed by atoms with Gasteiger partial charge < -0.3 is 10.5 Å². The Balaban J connectivity index is 2.86. The lowest BCUT2D eigenvalue weighted by molar-refractivity contribution is -0.113. The molecule has 0 spiro atoms. The first-order valence-electron chi connectivity index (χ1n) is 4.88. The van der Waals surface area contributed by atoms with E-state index in [1.54, 1.807) is 37.3 Å². The summed E-state index contributed by atoms with van der Waals surface area (Å²) in [7, 11) is 0. The van der Waals surface area contributed by atoms with Gasteiger partial charge in [-0.05, 0) is 30.7 Å². The van der Waals surface area contributed by atoms with Gasteiger partial charge >= 0.3 is 5.97 Å². The Hall–Kier alpha value is -2.10. The molecule has 16 heavy (non-hydrogen) atoms. The van der Waals surface area contributed by atoms with Gasteiger partial charge in [-0.1, -0.05) is 12.1 Å². The topological polar surface area (TPSA) is 69.4 Å². The first-order valence-corrected chi connectivity index (χ1v) is 4.88. The Kier molecular flexibility index (Phi) is 4.27. The zero-order valence-corrected chi connectivity index (χ0v) is 8.97. The van der Waals surface area contributed by atoms with E-state index >= 15 is 0 Å². The second-order valence-corrected chi connectivity index (χ2v) is 3.08. The summed E-state index contributed by atoms with van der Waals surface area (Å²) in [4.78, 5) is 21.9. The number of amides is 1. The molecule has 2 N–H and O–H groups in total. The fourth-order valence-corrected chi connectivity index (χ4v) is 1.16. The third kappa shape index (κ3) is 3.57. The first-order chi connectivity index (χ1) is 7.63. The van der Waals surface area contributed by atoms with Crippen molar-refractivity contribution in [2.45, 2.75) is 6.92 Å². The molecule has 4 nitrogen and oxygen atoms in total. The van der Waals surface area contributed by atoms with Crippen molar-refractivity contribution in [3.8, 4) is 0 Å². The maximum absolute atomic E-state index is 11.4. The number of carbonyl (C=O) groups excluding carboxylic acids is 2. The van der Waals surface area contributed by atoms with Gasteiger partial charge in [0, 0.05) is 6.08 Å². The van der Waals surface area contributed by atoms with Crippen molar-refractivity contribution in [1.29, 1.82) is 0 Å². The molecule has 0 aliphatic carbocycles. The maximum atomic E-state index is 11.4. The van der Waals surface area contributed by atoms with E-state index in [-0.39, 0.29) is 5.97 Å². The van der Waals surface area contributed by atoms with E-state index in [1.165, 1.54) is 6.08 Å². The molecule has 0 aliphatic rings. The summed E-state index contributed by atoms with van der Waals surface area (Å²) in [6.45, 7) is 2.08. The van der Waals surface area contributed by atoms with Crippen LogP contribution in [0, 0.1) is 0 Å². The third-order valence-corrected chi connectivity index (χ3v) is 1.84. The molecule has 4 heteroatoms. The molecule has 1 rings (SSSR count). The van der Waals surface area contributed by atoms with Crippen LogP contribution in [-0.2, 0) is 9.53 Å². The third-order valence-electron chi connectivity index (χ3n) is 1.84. The largest absolute Gasteiger partial charge is 0.462 e. The Morgan fingerprint density at radius 2 is 2.19 bits per heavy atom. The highest BCUT2D eigenvalue weighted by atomic mass is 16.5. The van der Waals surface area contributed by atoms with Crippen molar-refractivity contribution in [1.82, 2.24) is 0 Å². The Bertz CT molecular complexity index is 424. The SMILES string of the molecule is CCOC(=O)c1cccc(C=CC(N)=O)c1. The minimum Gasteiger partial charge on any atom is -0.462 e. The second kappa shape index (κ2) is 5.70. The van der Waals surface area contributed by atoms with Gasteiger partial charge in [-0.15, -0.1) is 0 Å². The number of hydrogen-bond donors (Lipinski definition) is 1. The van der Waals surface area contributed by atoms with Crippen LogP contribution in [0.25, 0.3) is 6.08 Å². The van der Waals surface area contributed by atoms with Crippen molar-refractivity contribution < 1.29 is 14.3 Å². The lowest BCUT2D eigenvalue weighted by Crippen LogP contribution is -2.05. The molecule has 0 heterocycles. The first kappa shape index (κ1) is 12.0. The van der Waals surface area contributed by atoms with E-state index in [1.807, 2.05) is 0 Å². The molecule has 0 unspecified atom stereocenters. The Morgan fingerprint density at radius 1 is 1.44 bits per heavy atom. The number of primary amides is 1.